The van der Waals surface area contributed by atoms with Gasteiger partial charge in [0.2, 0.25) is 0 Å². The number of hydrogen-bond donors (Lipinski definition) is 1. The Hall–Kier alpha value is -1.80. The second-order valence-corrected chi connectivity index (χ2v) is 5.76. The van der Waals surface area contributed by atoms with Gasteiger partial charge in [-0.3, -0.25) is 0 Å². The van der Waals surface area contributed by atoms with Crippen LogP contribution in [-0.2, 0) is 0 Å². The Balaban J connectivity index is 2.20. The van der Waals surface area contributed by atoms with Crippen molar-refractivity contribution < 1.29 is 5.11 Å². The molecule has 1 N–H and O–H groups in total. The molecule has 0 atom stereocenters. The normalized spacial score (nSPS) is 11.4. The molecule has 0 fully saturated rings. The zero-order chi connectivity index (χ0) is 14.6. The summed E-state index contributed by atoms with van der Waals surface area (Å²) < 4.78 is 0. The Morgan fingerprint density at radius 1 is 0.900 bits per heavy atom. The third-order valence-electron chi connectivity index (χ3n) is 3.99. The lowest BCUT2D eigenvalue weighted by Gasteiger charge is -2.37. The summed E-state index contributed by atoms with van der Waals surface area (Å²) in [5, 5.41) is 9.16. The molecule has 0 aliphatic heterocycles. The molecule has 0 unspecified atom stereocenters. The second-order valence-electron chi connectivity index (χ2n) is 5.76. The van der Waals surface area contributed by atoms with E-state index in [9.17, 15) is 0 Å². The highest BCUT2D eigenvalue weighted by atomic mass is 16.3. The van der Waals surface area contributed by atoms with Crippen LogP contribution in [0.4, 0.5) is 5.69 Å². The van der Waals surface area contributed by atoms with Gasteiger partial charge in [0.25, 0.3) is 0 Å². The van der Waals surface area contributed by atoms with Gasteiger partial charge in [0.05, 0.1) is 0 Å². The molecule has 2 rings (SSSR count). The summed E-state index contributed by atoms with van der Waals surface area (Å²) in [6.07, 6.45) is 0.754. The second kappa shape index (κ2) is 6.10. The van der Waals surface area contributed by atoms with E-state index in [4.69, 9.17) is 5.11 Å². The molecule has 0 spiro atoms. The molecule has 0 aromatic heterocycles. The summed E-state index contributed by atoms with van der Waals surface area (Å²) in [6.45, 7) is 4.50. The largest absolute Gasteiger partial charge is 0.396 e. The fourth-order valence-electron chi connectivity index (χ4n) is 2.30. The van der Waals surface area contributed by atoms with Crippen molar-refractivity contribution in [3.8, 4) is 11.1 Å². The van der Waals surface area contributed by atoms with Crippen molar-refractivity contribution >= 4 is 5.69 Å². The van der Waals surface area contributed by atoms with Gasteiger partial charge in [-0.1, -0.05) is 42.5 Å². The number of anilines is 1. The smallest absolute Gasteiger partial charge is 0.0453 e. The Labute approximate surface area is 121 Å². The molecule has 0 saturated carbocycles. The van der Waals surface area contributed by atoms with Crippen LogP contribution < -0.4 is 4.90 Å². The van der Waals surface area contributed by atoms with Crippen LogP contribution in [0.1, 0.15) is 20.3 Å². The van der Waals surface area contributed by atoms with Gasteiger partial charge >= 0.3 is 0 Å². The van der Waals surface area contributed by atoms with Gasteiger partial charge in [-0.15, -0.1) is 0 Å². The molecule has 2 nitrogen and oxygen atoms in total. The summed E-state index contributed by atoms with van der Waals surface area (Å²) in [4.78, 5) is 2.22. The molecule has 0 amide bonds. The maximum absolute atomic E-state index is 9.16. The van der Waals surface area contributed by atoms with Crippen LogP contribution in [0.25, 0.3) is 11.1 Å². The minimum Gasteiger partial charge on any atom is -0.396 e. The molecule has 0 radical (unpaired) electrons. The molecule has 20 heavy (non-hydrogen) atoms. The van der Waals surface area contributed by atoms with E-state index < -0.39 is 0 Å². The minimum atomic E-state index is -0.0526. The number of benzene rings is 2. The Morgan fingerprint density at radius 2 is 1.45 bits per heavy atom. The number of nitrogens with zero attached hydrogens (tertiary/aromatic N) is 1. The number of aliphatic hydroxyl groups is 1. The quantitative estimate of drug-likeness (QED) is 0.888. The molecule has 106 valence electrons. The highest BCUT2D eigenvalue weighted by Gasteiger charge is 2.22. The van der Waals surface area contributed by atoms with Crippen LogP contribution in [0.2, 0.25) is 0 Å². The Kier molecular flexibility index (Phi) is 4.46. The van der Waals surface area contributed by atoms with E-state index in [0.717, 1.165) is 6.42 Å². The van der Waals surface area contributed by atoms with Crippen molar-refractivity contribution in [1.29, 1.82) is 0 Å². The standard InChI is InChI=1S/C18H23NO/c1-18(2,13-14-20)19(3)17-11-9-16(10-12-17)15-7-5-4-6-8-15/h4-12,20H,13-14H2,1-3H3. The van der Waals surface area contributed by atoms with Crippen molar-refractivity contribution in [2.24, 2.45) is 0 Å². The van der Waals surface area contributed by atoms with E-state index in [2.05, 4.69) is 74.3 Å². The van der Waals surface area contributed by atoms with E-state index in [-0.39, 0.29) is 12.1 Å². The topological polar surface area (TPSA) is 23.5 Å². The van der Waals surface area contributed by atoms with E-state index in [0.29, 0.717) is 0 Å². The molecule has 0 aliphatic rings. The zero-order valence-corrected chi connectivity index (χ0v) is 12.5. The van der Waals surface area contributed by atoms with Crippen molar-refractivity contribution in [3.63, 3.8) is 0 Å². The lowest BCUT2D eigenvalue weighted by Crippen LogP contribution is -2.41. The molecule has 2 aromatic carbocycles. The van der Waals surface area contributed by atoms with Crippen LogP contribution in [0.15, 0.2) is 54.6 Å². The molecule has 0 aliphatic carbocycles. The summed E-state index contributed by atoms with van der Waals surface area (Å²) >= 11 is 0. The summed E-state index contributed by atoms with van der Waals surface area (Å²) in [5.41, 5.74) is 3.57. The summed E-state index contributed by atoms with van der Waals surface area (Å²) in [6, 6.07) is 19.0. The van der Waals surface area contributed by atoms with Crippen molar-refractivity contribution in [3.05, 3.63) is 54.6 Å². The van der Waals surface area contributed by atoms with Gasteiger partial charge < -0.3 is 10.0 Å². The zero-order valence-electron chi connectivity index (χ0n) is 12.5. The first-order valence-electron chi connectivity index (χ1n) is 7.05. The number of hydrogen-bond acceptors (Lipinski definition) is 2. The summed E-state index contributed by atoms with van der Waals surface area (Å²) in [5.74, 6) is 0. The first-order valence-corrected chi connectivity index (χ1v) is 7.05. The minimum absolute atomic E-state index is 0.0526. The molecule has 0 saturated heterocycles. The van der Waals surface area contributed by atoms with Crippen molar-refractivity contribution in [2.45, 2.75) is 25.8 Å². The lowest BCUT2D eigenvalue weighted by atomic mass is 9.97. The molecule has 0 bridgehead atoms. The highest BCUT2D eigenvalue weighted by molar-refractivity contribution is 5.66. The fraction of sp³-hybridized carbons (Fsp3) is 0.333. The van der Waals surface area contributed by atoms with Gasteiger partial charge in [0.1, 0.15) is 0 Å². The van der Waals surface area contributed by atoms with Crippen LogP contribution in [0, 0.1) is 0 Å². The Bertz CT molecular complexity index is 531. The van der Waals surface area contributed by atoms with E-state index in [1.165, 1.54) is 16.8 Å². The molecule has 0 heterocycles. The van der Waals surface area contributed by atoms with Crippen LogP contribution in [0.5, 0.6) is 0 Å². The van der Waals surface area contributed by atoms with Gasteiger partial charge in [-0.2, -0.15) is 0 Å². The SMILES string of the molecule is CN(c1ccc(-c2ccccc2)cc1)C(C)(C)CCO. The lowest BCUT2D eigenvalue weighted by molar-refractivity contribution is 0.250. The van der Waals surface area contributed by atoms with Crippen LogP contribution in [0.3, 0.4) is 0 Å². The fourth-order valence-corrected chi connectivity index (χ4v) is 2.30. The molecule has 2 heteroatoms. The average molecular weight is 269 g/mol. The van der Waals surface area contributed by atoms with Gasteiger partial charge in [-0.25, -0.2) is 0 Å². The van der Waals surface area contributed by atoms with Gasteiger partial charge in [0, 0.05) is 24.9 Å². The number of rotatable bonds is 5. The molecular weight excluding hydrogens is 246 g/mol. The van der Waals surface area contributed by atoms with E-state index in [1.54, 1.807) is 0 Å². The first-order chi connectivity index (χ1) is 9.54. The third-order valence-corrected chi connectivity index (χ3v) is 3.99. The van der Waals surface area contributed by atoms with Crippen LogP contribution in [-0.4, -0.2) is 24.3 Å². The number of aliphatic hydroxyl groups excluding tert-OH is 1. The van der Waals surface area contributed by atoms with Gasteiger partial charge in [0.15, 0.2) is 0 Å². The first kappa shape index (κ1) is 14.6. The average Bonchev–Trinajstić information content (AvgIpc) is 2.47. The molecular formula is C18H23NO. The predicted molar refractivity (Wildman–Crippen MR) is 86.1 cm³/mol. The maximum atomic E-state index is 9.16. The van der Waals surface area contributed by atoms with Crippen molar-refractivity contribution in [2.75, 3.05) is 18.6 Å². The van der Waals surface area contributed by atoms with Crippen molar-refractivity contribution in [1.82, 2.24) is 0 Å². The Morgan fingerprint density at radius 3 is 2.00 bits per heavy atom. The maximum Gasteiger partial charge on any atom is 0.0453 e. The van der Waals surface area contributed by atoms with E-state index in [1.807, 2.05) is 6.07 Å². The van der Waals surface area contributed by atoms with Gasteiger partial charge in [-0.05, 0) is 43.5 Å². The van der Waals surface area contributed by atoms with Crippen LogP contribution >= 0.6 is 0 Å². The highest BCUT2D eigenvalue weighted by Crippen LogP contribution is 2.27. The summed E-state index contributed by atoms with van der Waals surface area (Å²) in [7, 11) is 2.08. The van der Waals surface area contributed by atoms with E-state index >= 15 is 0 Å². The third kappa shape index (κ3) is 3.20. The molecule has 2 aromatic rings. The monoisotopic (exact) mass is 269 g/mol. The predicted octanol–water partition coefficient (Wildman–Crippen LogP) is 3.95.